The molecule has 2 aromatic rings. The molecular formula is C18H17Cl2N3O3. The fourth-order valence-electron chi connectivity index (χ4n) is 2.94. The number of hydrogen-bond acceptors (Lipinski definition) is 4. The van der Waals surface area contributed by atoms with Crippen molar-refractivity contribution >= 4 is 40.5 Å². The highest BCUT2D eigenvalue weighted by atomic mass is 35.5. The van der Waals surface area contributed by atoms with Gasteiger partial charge in [-0.2, -0.15) is 0 Å². The zero-order chi connectivity index (χ0) is 18.7. The van der Waals surface area contributed by atoms with Gasteiger partial charge < -0.3 is 9.80 Å². The molecule has 2 aromatic carbocycles. The van der Waals surface area contributed by atoms with Gasteiger partial charge in [-0.1, -0.05) is 29.3 Å². The number of halogens is 2. The van der Waals surface area contributed by atoms with E-state index in [1.807, 2.05) is 4.90 Å². The number of piperazine rings is 1. The number of carbonyl (C=O) groups excluding carboxylic acids is 1. The maximum Gasteiger partial charge on any atom is 0.269 e. The predicted molar refractivity (Wildman–Crippen MR) is 102 cm³/mol. The lowest BCUT2D eigenvalue weighted by Crippen LogP contribution is -2.49. The number of nitro benzene ring substituents is 1. The lowest BCUT2D eigenvalue weighted by Gasteiger charge is -2.36. The van der Waals surface area contributed by atoms with Crippen molar-refractivity contribution in [1.29, 1.82) is 0 Å². The molecule has 1 aliphatic heterocycles. The van der Waals surface area contributed by atoms with Crippen LogP contribution < -0.4 is 4.90 Å². The summed E-state index contributed by atoms with van der Waals surface area (Å²) in [5.41, 5.74) is 1.75. The molecule has 136 valence electrons. The van der Waals surface area contributed by atoms with Crippen LogP contribution in [0, 0.1) is 10.1 Å². The summed E-state index contributed by atoms with van der Waals surface area (Å²) in [4.78, 5) is 26.8. The van der Waals surface area contributed by atoms with Crippen molar-refractivity contribution in [3.63, 3.8) is 0 Å². The molecule has 26 heavy (non-hydrogen) atoms. The molecule has 1 fully saturated rings. The first-order valence-corrected chi connectivity index (χ1v) is 8.91. The Labute approximate surface area is 161 Å². The van der Waals surface area contributed by atoms with E-state index >= 15 is 0 Å². The second-order valence-electron chi connectivity index (χ2n) is 6.05. The summed E-state index contributed by atoms with van der Waals surface area (Å²) < 4.78 is 0. The summed E-state index contributed by atoms with van der Waals surface area (Å²) in [6.45, 7) is 2.55. The first-order valence-electron chi connectivity index (χ1n) is 8.15. The molecule has 0 saturated carbocycles. The molecule has 0 atom stereocenters. The smallest absolute Gasteiger partial charge is 0.269 e. The van der Waals surface area contributed by atoms with Gasteiger partial charge in [0.05, 0.1) is 11.3 Å². The first-order chi connectivity index (χ1) is 12.4. The lowest BCUT2D eigenvalue weighted by molar-refractivity contribution is -0.384. The average molecular weight is 394 g/mol. The Kier molecular flexibility index (Phi) is 5.64. The van der Waals surface area contributed by atoms with E-state index in [1.165, 1.54) is 12.1 Å². The molecular weight excluding hydrogens is 377 g/mol. The highest BCUT2D eigenvalue weighted by Gasteiger charge is 2.22. The van der Waals surface area contributed by atoms with Crippen LogP contribution in [0.2, 0.25) is 10.0 Å². The Balaban J connectivity index is 1.57. The minimum Gasteiger partial charge on any atom is -0.368 e. The molecule has 6 nitrogen and oxygen atoms in total. The topological polar surface area (TPSA) is 66.7 Å². The highest BCUT2D eigenvalue weighted by molar-refractivity contribution is 6.35. The van der Waals surface area contributed by atoms with Crippen LogP contribution >= 0.6 is 23.2 Å². The van der Waals surface area contributed by atoms with E-state index in [9.17, 15) is 14.9 Å². The van der Waals surface area contributed by atoms with Crippen LogP contribution in [0.3, 0.4) is 0 Å². The third kappa shape index (κ3) is 4.26. The van der Waals surface area contributed by atoms with Gasteiger partial charge in [0.25, 0.3) is 5.69 Å². The Hall–Kier alpha value is -2.31. The minimum atomic E-state index is -0.414. The monoisotopic (exact) mass is 393 g/mol. The molecule has 1 saturated heterocycles. The van der Waals surface area contributed by atoms with Crippen molar-refractivity contribution in [2.24, 2.45) is 0 Å². The quantitative estimate of drug-likeness (QED) is 0.585. The fourth-order valence-corrected chi connectivity index (χ4v) is 3.41. The standard InChI is InChI=1S/C18H17Cl2N3O3/c19-14-2-1-13(17(20)12-14)11-18(24)22-9-7-21(8-10-22)15-3-5-16(6-4-15)23(25)26/h1-6,12H,7-11H2. The number of rotatable bonds is 4. The van der Waals surface area contributed by atoms with Gasteiger partial charge in [-0.05, 0) is 29.8 Å². The van der Waals surface area contributed by atoms with E-state index < -0.39 is 4.92 Å². The number of non-ortho nitro benzene ring substituents is 1. The van der Waals surface area contributed by atoms with E-state index in [-0.39, 0.29) is 18.0 Å². The average Bonchev–Trinajstić information content (AvgIpc) is 2.64. The number of carbonyl (C=O) groups is 1. The zero-order valence-electron chi connectivity index (χ0n) is 13.9. The molecule has 0 bridgehead atoms. The van der Waals surface area contributed by atoms with Crippen LogP contribution in [-0.4, -0.2) is 41.9 Å². The van der Waals surface area contributed by atoms with Crippen LogP contribution in [0.5, 0.6) is 0 Å². The number of anilines is 1. The van der Waals surface area contributed by atoms with Gasteiger partial charge in [0.1, 0.15) is 0 Å². The maximum atomic E-state index is 12.5. The summed E-state index contributed by atoms with van der Waals surface area (Å²) in [6.07, 6.45) is 0.244. The summed E-state index contributed by atoms with van der Waals surface area (Å²) in [5, 5.41) is 11.8. The van der Waals surface area contributed by atoms with Gasteiger partial charge in [0.15, 0.2) is 0 Å². The van der Waals surface area contributed by atoms with E-state index in [2.05, 4.69) is 4.90 Å². The molecule has 0 N–H and O–H groups in total. The molecule has 8 heteroatoms. The van der Waals surface area contributed by atoms with Crippen LogP contribution in [0.15, 0.2) is 42.5 Å². The number of hydrogen-bond donors (Lipinski definition) is 0. The van der Waals surface area contributed by atoms with Crippen molar-refractivity contribution in [2.45, 2.75) is 6.42 Å². The normalized spacial score (nSPS) is 14.4. The van der Waals surface area contributed by atoms with Gasteiger partial charge in [-0.25, -0.2) is 0 Å². The van der Waals surface area contributed by atoms with Gasteiger partial charge in [0.2, 0.25) is 5.91 Å². The zero-order valence-corrected chi connectivity index (χ0v) is 15.4. The summed E-state index contributed by atoms with van der Waals surface area (Å²) in [6, 6.07) is 11.6. The second kappa shape index (κ2) is 7.93. The van der Waals surface area contributed by atoms with Crippen molar-refractivity contribution in [2.75, 3.05) is 31.1 Å². The van der Waals surface area contributed by atoms with Crippen molar-refractivity contribution in [3.8, 4) is 0 Å². The van der Waals surface area contributed by atoms with Crippen LogP contribution in [-0.2, 0) is 11.2 Å². The summed E-state index contributed by atoms with van der Waals surface area (Å²) >= 11 is 12.0. The predicted octanol–water partition coefficient (Wildman–Crippen LogP) is 3.79. The highest BCUT2D eigenvalue weighted by Crippen LogP contribution is 2.23. The van der Waals surface area contributed by atoms with Gasteiger partial charge in [0, 0.05) is 54.0 Å². The molecule has 0 aliphatic carbocycles. The summed E-state index contributed by atoms with van der Waals surface area (Å²) in [7, 11) is 0. The number of amides is 1. The van der Waals surface area contributed by atoms with Crippen molar-refractivity contribution in [1.82, 2.24) is 4.90 Å². The van der Waals surface area contributed by atoms with E-state index in [0.717, 1.165) is 11.3 Å². The Morgan fingerprint density at radius 1 is 1.04 bits per heavy atom. The molecule has 0 unspecified atom stereocenters. The van der Waals surface area contributed by atoms with Crippen LogP contribution in [0.4, 0.5) is 11.4 Å². The maximum absolute atomic E-state index is 12.5. The third-order valence-corrected chi connectivity index (χ3v) is 5.00. The van der Waals surface area contributed by atoms with Crippen molar-refractivity contribution < 1.29 is 9.72 Å². The molecule has 3 rings (SSSR count). The number of nitro groups is 1. The number of benzene rings is 2. The molecule has 1 aliphatic rings. The van der Waals surface area contributed by atoms with Gasteiger partial charge in [-0.15, -0.1) is 0 Å². The van der Waals surface area contributed by atoms with Gasteiger partial charge in [-0.3, -0.25) is 14.9 Å². The van der Waals surface area contributed by atoms with Crippen LogP contribution in [0.1, 0.15) is 5.56 Å². The largest absolute Gasteiger partial charge is 0.368 e. The lowest BCUT2D eigenvalue weighted by atomic mass is 10.1. The SMILES string of the molecule is O=C(Cc1ccc(Cl)cc1Cl)N1CCN(c2ccc([N+](=O)[O-])cc2)CC1. The summed E-state index contributed by atoms with van der Waals surface area (Å²) in [5.74, 6) is 0.0255. The second-order valence-corrected chi connectivity index (χ2v) is 6.90. The third-order valence-electron chi connectivity index (χ3n) is 4.41. The molecule has 0 spiro atoms. The van der Waals surface area contributed by atoms with E-state index in [0.29, 0.717) is 36.2 Å². The van der Waals surface area contributed by atoms with E-state index in [4.69, 9.17) is 23.2 Å². The van der Waals surface area contributed by atoms with Crippen molar-refractivity contribution in [3.05, 3.63) is 68.2 Å². The molecule has 1 amide bonds. The Morgan fingerprint density at radius 3 is 2.27 bits per heavy atom. The van der Waals surface area contributed by atoms with Gasteiger partial charge >= 0.3 is 0 Å². The Morgan fingerprint density at radius 2 is 1.69 bits per heavy atom. The van der Waals surface area contributed by atoms with E-state index in [1.54, 1.807) is 30.3 Å². The Bertz CT molecular complexity index is 819. The molecule has 0 aromatic heterocycles. The number of nitrogens with zero attached hydrogens (tertiary/aromatic N) is 3. The molecule has 0 radical (unpaired) electrons. The first kappa shape index (κ1) is 18.5. The molecule has 1 heterocycles. The minimum absolute atomic E-state index is 0.0255. The fraction of sp³-hybridized carbons (Fsp3) is 0.278. The van der Waals surface area contributed by atoms with Crippen LogP contribution in [0.25, 0.3) is 0 Å².